The van der Waals surface area contributed by atoms with Gasteiger partial charge in [0.2, 0.25) is 0 Å². The number of rotatable bonds is 5. The van der Waals surface area contributed by atoms with Crippen molar-refractivity contribution in [2.24, 2.45) is 0 Å². The van der Waals surface area contributed by atoms with E-state index in [1.807, 2.05) is 0 Å². The number of methoxy groups -OCH3 is 1. The molecule has 1 aromatic carbocycles. The highest BCUT2D eigenvalue weighted by Gasteiger charge is 2.17. The van der Waals surface area contributed by atoms with Crippen molar-refractivity contribution in [2.75, 3.05) is 12.9 Å². The van der Waals surface area contributed by atoms with Gasteiger partial charge in [0.15, 0.2) is 0 Å². The number of nitro groups is 1. The van der Waals surface area contributed by atoms with Crippen molar-refractivity contribution >= 4 is 23.4 Å². The highest BCUT2D eigenvalue weighted by Crippen LogP contribution is 2.31. The van der Waals surface area contributed by atoms with Gasteiger partial charge in [-0.2, -0.15) is 0 Å². The van der Waals surface area contributed by atoms with Gasteiger partial charge in [0, 0.05) is 6.07 Å². The van der Waals surface area contributed by atoms with E-state index in [1.54, 1.807) is 6.07 Å². The number of hydrogen-bond donors (Lipinski definition) is 1. The van der Waals surface area contributed by atoms with E-state index in [-0.39, 0.29) is 11.4 Å². The normalized spacial score (nSPS) is 11.9. The van der Waals surface area contributed by atoms with Crippen molar-refractivity contribution in [3.63, 3.8) is 0 Å². The lowest BCUT2D eigenvalue weighted by atomic mass is 10.1. The Balaban J connectivity index is 2.97. The predicted octanol–water partition coefficient (Wildman–Crippen LogP) is 1.91. The van der Waals surface area contributed by atoms with Crippen LogP contribution in [0.1, 0.15) is 18.6 Å². The number of carbonyl (C=O) groups excluding carboxylic acids is 1. The summed E-state index contributed by atoms with van der Waals surface area (Å²) in [6.07, 6.45) is -0.775. The molecule has 0 aromatic heterocycles. The van der Waals surface area contributed by atoms with E-state index < -0.39 is 17.0 Å². The van der Waals surface area contributed by atoms with Crippen LogP contribution in [0.25, 0.3) is 0 Å². The fraction of sp³-hybridized carbons (Fsp3) is 0.364. The summed E-state index contributed by atoms with van der Waals surface area (Å²) in [6.45, 7) is 1.53. The number of hydrogen-bond acceptors (Lipinski definition) is 6. The second-order valence-electron chi connectivity index (χ2n) is 3.53. The van der Waals surface area contributed by atoms with Crippen LogP contribution in [0.15, 0.2) is 23.1 Å². The molecule has 98 valence electrons. The van der Waals surface area contributed by atoms with Crippen molar-refractivity contribution in [2.45, 2.75) is 17.9 Å². The molecular weight excluding hydrogens is 258 g/mol. The van der Waals surface area contributed by atoms with Gasteiger partial charge in [0.05, 0.1) is 28.8 Å². The minimum absolute atomic E-state index is 0.00532. The first-order chi connectivity index (χ1) is 8.45. The Morgan fingerprint density at radius 2 is 2.28 bits per heavy atom. The topological polar surface area (TPSA) is 89.7 Å². The maximum Gasteiger partial charge on any atom is 0.315 e. The minimum Gasteiger partial charge on any atom is -0.468 e. The number of carbonyl (C=O) groups is 1. The fourth-order valence-corrected chi connectivity index (χ4v) is 2.09. The summed E-state index contributed by atoms with van der Waals surface area (Å²) < 4.78 is 4.46. The zero-order valence-electron chi connectivity index (χ0n) is 9.95. The largest absolute Gasteiger partial charge is 0.468 e. The molecule has 7 heteroatoms. The standard InChI is InChI=1S/C11H13NO5S/c1-7(13)8-3-4-10(9(5-8)12(15)16)18-6-11(14)17-2/h3-5,7,13H,6H2,1-2H3. The molecule has 0 saturated heterocycles. The Morgan fingerprint density at radius 3 is 2.78 bits per heavy atom. The van der Waals surface area contributed by atoms with Crippen molar-refractivity contribution in [1.29, 1.82) is 0 Å². The summed E-state index contributed by atoms with van der Waals surface area (Å²) >= 11 is 1.03. The molecule has 1 unspecified atom stereocenters. The minimum atomic E-state index is -0.775. The monoisotopic (exact) mass is 271 g/mol. The third kappa shape index (κ3) is 3.71. The first kappa shape index (κ1) is 14.5. The number of aliphatic hydroxyl groups is 1. The lowest BCUT2D eigenvalue weighted by molar-refractivity contribution is -0.387. The lowest BCUT2D eigenvalue weighted by Gasteiger charge is -2.07. The van der Waals surface area contributed by atoms with Crippen LogP contribution in [0.5, 0.6) is 0 Å². The van der Waals surface area contributed by atoms with E-state index in [9.17, 15) is 20.0 Å². The van der Waals surface area contributed by atoms with E-state index in [0.717, 1.165) is 11.8 Å². The Labute approximate surface area is 108 Å². The van der Waals surface area contributed by atoms with Gasteiger partial charge in [0.25, 0.3) is 5.69 Å². The molecule has 0 bridgehead atoms. The van der Waals surface area contributed by atoms with Crippen LogP contribution in [0.2, 0.25) is 0 Å². The number of ether oxygens (including phenoxy) is 1. The third-order valence-electron chi connectivity index (χ3n) is 2.24. The summed E-state index contributed by atoms with van der Waals surface area (Å²) in [4.78, 5) is 21.7. The molecule has 0 amide bonds. The van der Waals surface area contributed by atoms with Crippen LogP contribution in [0.3, 0.4) is 0 Å². The quantitative estimate of drug-likeness (QED) is 0.381. The van der Waals surface area contributed by atoms with Gasteiger partial charge < -0.3 is 9.84 Å². The molecule has 18 heavy (non-hydrogen) atoms. The molecule has 1 aromatic rings. The van der Waals surface area contributed by atoms with Gasteiger partial charge in [-0.05, 0) is 18.6 Å². The molecule has 0 heterocycles. The van der Waals surface area contributed by atoms with Gasteiger partial charge >= 0.3 is 5.97 Å². The zero-order valence-corrected chi connectivity index (χ0v) is 10.8. The van der Waals surface area contributed by atoms with E-state index in [2.05, 4.69) is 4.74 Å². The Bertz CT molecular complexity index is 461. The number of nitrogens with zero attached hydrogens (tertiary/aromatic N) is 1. The number of aliphatic hydroxyl groups excluding tert-OH is 1. The van der Waals surface area contributed by atoms with Crippen LogP contribution >= 0.6 is 11.8 Å². The number of esters is 1. The summed E-state index contributed by atoms with van der Waals surface area (Å²) in [6, 6.07) is 4.43. The van der Waals surface area contributed by atoms with E-state index >= 15 is 0 Å². The summed E-state index contributed by atoms with van der Waals surface area (Å²) in [7, 11) is 1.26. The molecule has 0 aliphatic heterocycles. The van der Waals surface area contributed by atoms with Crippen molar-refractivity contribution in [3.05, 3.63) is 33.9 Å². The lowest BCUT2D eigenvalue weighted by Crippen LogP contribution is -2.04. The summed E-state index contributed by atoms with van der Waals surface area (Å²) in [5.74, 6) is -0.445. The van der Waals surface area contributed by atoms with Crippen LogP contribution in [0.4, 0.5) is 5.69 Å². The molecule has 0 aliphatic carbocycles. The zero-order chi connectivity index (χ0) is 13.7. The van der Waals surface area contributed by atoms with E-state index in [1.165, 1.54) is 26.2 Å². The van der Waals surface area contributed by atoms with Crippen molar-refractivity contribution in [3.8, 4) is 0 Å². The molecule has 0 aliphatic rings. The first-order valence-electron chi connectivity index (χ1n) is 5.11. The molecule has 1 rings (SSSR count). The molecule has 1 N–H and O–H groups in total. The van der Waals surface area contributed by atoms with Gasteiger partial charge in [-0.1, -0.05) is 6.07 Å². The van der Waals surface area contributed by atoms with E-state index in [4.69, 9.17) is 0 Å². The SMILES string of the molecule is COC(=O)CSc1ccc(C(C)O)cc1[N+](=O)[O-]. The second-order valence-corrected chi connectivity index (χ2v) is 4.54. The highest BCUT2D eigenvalue weighted by molar-refractivity contribution is 8.00. The maximum absolute atomic E-state index is 11.0. The average molecular weight is 271 g/mol. The van der Waals surface area contributed by atoms with Gasteiger partial charge in [-0.3, -0.25) is 14.9 Å². The van der Waals surface area contributed by atoms with Crippen LogP contribution in [-0.2, 0) is 9.53 Å². The number of benzene rings is 1. The Morgan fingerprint density at radius 1 is 1.61 bits per heavy atom. The molecule has 0 fully saturated rings. The van der Waals surface area contributed by atoms with Gasteiger partial charge in [-0.15, -0.1) is 11.8 Å². The fourth-order valence-electron chi connectivity index (χ4n) is 1.25. The Kier molecular flexibility index (Phi) is 5.11. The molecule has 0 radical (unpaired) electrons. The van der Waals surface area contributed by atoms with Crippen LogP contribution in [0, 0.1) is 10.1 Å². The molecule has 6 nitrogen and oxygen atoms in total. The molecule has 1 atom stereocenters. The van der Waals surface area contributed by atoms with E-state index in [0.29, 0.717) is 10.5 Å². The molecule has 0 spiro atoms. The summed E-state index contributed by atoms with van der Waals surface area (Å²) in [5.41, 5.74) is 0.339. The predicted molar refractivity (Wildman–Crippen MR) is 66.5 cm³/mol. The third-order valence-corrected chi connectivity index (χ3v) is 3.27. The van der Waals surface area contributed by atoms with Crippen LogP contribution in [-0.4, -0.2) is 28.9 Å². The Hall–Kier alpha value is -1.60. The van der Waals surface area contributed by atoms with Crippen molar-refractivity contribution < 1.29 is 19.6 Å². The molecular formula is C11H13NO5S. The first-order valence-corrected chi connectivity index (χ1v) is 6.10. The number of nitro benzene ring substituents is 1. The smallest absolute Gasteiger partial charge is 0.315 e. The average Bonchev–Trinajstić information content (AvgIpc) is 2.35. The van der Waals surface area contributed by atoms with Crippen LogP contribution < -0.4 is 0 Å². The summed E-state index contributed by atoms with van der Waals surface area (Å²) in [5, 5.41) is 20.3. The van der Waals surface area contributed by atoms with Crippen molar-refractivity contribution in [1.82, 2.24) is 0 Å². The highest BCUT2D eigenvalue weighted by atomic mass is 32.2. The maximum atomic E-state index is 11.0. The van der Waals surface area contributed by atoms with Gasteiger partial charge in [-0.25, -0.2) is 0 Å². The number of thioether (sulfide) groups is 1. The molecule has 0 saturated carbocycles. The second kappa shape index (κ2) is 6.36. The van der Waals surface area contributed by atoms with Gasteiger partial charge in [0.1, 0.15) is 0 Å².